The van der Waals surface area contributed by atoms with Crippen LogP contribution >= 0.6 is 11.8 Å². The zero-order valence-electron chi connectivity index (χ0n) is 16.6. The second-order valence-corrected chi connectivity index (χ2v) is 7.13. The summed E-state index contributed by atoms with van der Waals surface area (Å²) in [6.07, 6.45) is 0.0408. The van der Waals surface area contributed by atoms with Gasteiger partial charge in [0.25, 0.3) is 0 Å². The van der Waals surface area contributed by atoms with E-state index < -0.39 is 12.0 Å². The second kappa shape index (κ2) is 8.60. The number of carbonyl (C=O) groups is 2. The van der Waals surface area contributed by atoms with Gasteiger partial charge in [0, 0.05) is 5.70 Å². The first-order valence-electron chi connectivity index (χ1n) is 8.96. The van der Waals surface area contributed by atoms with Crippen LogP contribution in [0.5, 0.6) is 11.5 Å². The van der Waals surface area contributed by atoms with Crippen LogP contribution in [0.4, 0.5) is 0 Å². The third kappa shape index (κ3) is 3.95. The predicted molar refractivity (Wildman–Crippen MR) is 108 cm³/mol. The minimum absolute atomic E-state index is 0.0145. The van der Waals surface area contributed by atoms with Crippen LogP contribution < -0.4 is 4.74 Å². The van der Waals surface area contributed by atoms with Crippen molar-refractivity contribution in [3.05, 3.63) is 46.1 Å². The minimum Gasteiger partial charge on any atom is -0.504 e. The summed E-state index contributed by atoms with van der Waals surface area (Å²) in [5.74, 6) is -0.626. The fraction of sp³-hybridized carbons (Fsp3) is 0.350. The van der Waals surface area contributed by atoms with Crippen LogP contribution in [0, 0.1) is 0 Å². The molecule has 2 aliphatic heterocycles. The normalized spacial score (nSPS) is 18.1. The van der Waals surface area contributed by atoms with Gasteiger partial charge in [0.05, 0.1) is 44.6 Å². The molecule has 2 heterocycles. The molecule has 1 unspecified atom stereocenters. The van der Waals surface area contributed by atoms with Crippen molar-refractivity contribution in [2.24, 2.45) is 4.99 Å². The van der Waals surface area contributed by atoms with E-state index in [4.69, 9.17) is 14.2 Å². The van der Waals surface area contributed by atoms with Gasteiger partial charge >= 0.3 is 11.9 Å². The lowest BCUT2D eigenvalue weighted by atomic mass is 9.93. The van der Waals surface area contributed by atoms with E-state index in [-0.39, 0.29) is 30.5 Å². The van der Waals surface area contributed by atoms with Gasteiger partial charge < -0.3 is 24.2 Å². The lowest BCUT2D eigenvalue weighted by Gasteiger charge is -2.36. The maximum atomic E-state index is 12.6. The molecule has 0 bridgehead atoms. The molecule has 8 nitrogen and oxygen atoms in total. The molecule has 3 rings (SSSR count). The van der Waals surface area contributed by atoms with E-state index >= 15 is 0 Å². The van der Waals surface area contributed by atoms with E-state index in [1.165, 1.54) is 32.0 Å². The third-order valence-corrected chi connectivity index (χ3v) is 5.44. The van der Waals surface area contributed by atoms with Gasteiger partial charge in [-0.05, 0) is 37.0 Å². The van der Waals surface area contributed by atoms with Crippen molar-refractivity contribution < 1.29 is 28.9 Å². The number of nitrogens with zero attached hydrogens (tertiary/aromatic N) is 2. The van der Waals surface area contributed by atoms with E-state index in [9.17, 15) is 14.7 Å². The average molecular weight is 418 g/mol. The molecule has 1 atom stereocenters. The van der Waals surface area contributed by atoms with Gasteiger partial charge in [-0.25, -0.2) is 9.79 Å². The summed E-state index contributed by atoms with van der Waals surface area (Å²) >= 11 is 1.37. The first kappa shape index (κ1) is 20.8. The number of hydrogen-bond donors (Lipinski definition) is 1. The van der Waals surface area contributed by atoms with Gasteiger partial charge in [-0.15, -0.1) is 0 Å². The molecule has 9 heteroatoms. The number of aromatic hydroxyl groups is 1. The van der Waals surface area contributed by atoms with E-state index in [1.54, 1.807) is 26.0 Å². The molecule has 0 aliphatic carbocycles. The second-order valence-electron chi connectivity index (χ2n) is 6.30. The standard InChI is InChI=1S/C20H22N2O6S/c1-5-28-16(24)9-13-10-29-20-21-11(2)17(19(25)27-4)18(22(13)20)12-6-7-14(23)15(8-12)26-3/h6-8,10,18,23H,5,9H2,1-4H3. The van der Waals surface area contributed by atoms with E-state index in [0.29, 0.717) is 27.7 Å². The summed E-state index contributed by atoms with van der Waals surface area (Å²) in [5.41, 5.74) is 2.22. The number of amidine groups is 1. The van der Waals surface area contributed by atoms with Crippen molar-refractivity contribution in [1.29, 1.82) is 0 Å². The van der Waals surface area contributed by atoms with Gasteiger partial charge in [0.15, 0.2) is 16.7 Å². The fourth-order valence-corrected chi connectivity index (χ4v) is 4.24. The van der Waals surface area contributed by atoms with E-state index in [0.717, 1.165) is 0 Å². The zero-order valence-corrected chi connectivity index (χ0v) is 17.4. The Bertz CT molecular complexity index is 937. The number of hydrogen-bond acceptors (Lipinski definition) is 9. The Kier molecular flexibility index (Phi) is 6.17. The van der Waals surface area contributed by atoms with Crippen LogP contribution in [0.1, 0.15) is 31.9 Å². The number of aliphatic imine (C=N–C) groups is 1. The summed E-state index contributed by atoms with van der Waals surface area (Å²) in [6, 6.07) is 4.26. The molecule has 0 fully saturated rings. The average Bonchev–Trinajstić information content (AvgIpc) is 3.09. The summed E-state index contributed by atoms with van der Waals surface area (Å²) < 4.78 is 15.3. The van der Waals surface area contributed by atoms with Crippen molar-refractivity contribution in [2.45, 2.75) is 26.3 Å². The highest BCUT2D eigenvalue weighted by atomic mass is 32.2. The monoisotopic (exact) mass is 418 g/mol. The van der Waals surface area contributed by atoms with Crippen molar-refractivity contribution in [1.82, 2.24) is 4.90 Å². The molecule has 0 saturated heterocycles. The summed E-state index contributed by atoms with van der Waals surface area (Å²) in [5, 5.41) is 12.5. The van der Waals surface area contributed by atoms with Crippen LogP contribution in [0.25, 0.3) is 0 Å². The molecule has 0 amide bonds. The number of phenolic OH excluding ortho intramolecular Hbond substituents is 1. The zero-order chi connectivity index (χ0) is 21.1. The Balaban J connectivity index is 2.10. The molecular weight excluding hydrogens is 396 g/mol. The van der Waals surface area contributed by atoms with Crippen LogP contribution in [0.15, 0.2) is 45.6 Å². The maximum Gasteiger partial charge on any atom is 0.338 e. The van der Waals surface area contributed by atoms with Crippen molar-refractivity contribution in [3.8, 4) is 11.5 Å². The number of benzene rings is 1. The fourth-order valence-electron chi connectivity index (χ4n) is 3.28. The summed E-state index contributed by atoms with van der Waals surface area (Å²) in [7, 11) is 2.76. The molecule has 1 aromatic rings. The number of fused-ring (bicyclic) bond motifs is 1. The van der Waals surface area contributed by atoms with Crippen LogP contribution in [-0.4, -0.2) is 47.9 Å². The predicted octanol–water partition coefficient (Wildman–Crippen LogP) is 3.10. The van der Waals surface area contributed by atoms with Gasteiger partial charge in [-0.3, -0.25) is 4.79 Å². The molecule has 2 aliphatic rings. The van der Waals surface area contributed by atoms with Crippen LogP contribution in [-0.2, 0) is 19.1 Å². The van der Waals surface area contributed by atoms with Crippen molar-refractivity contribution >= 4 is 28.9 Å². The van der Waals surface area contributed by atoms with Gasteiger partial charge in [0.2, 0.25) is 0 Å². The van der Waals surface area contributed by atoms with Gasteiger partial charge in [-0.2, -0.15) is 0 Å². The Morgan fingerprint density at radius 2 is 2.07 bits per heavy atom. The Morgan fingerprint density at radius 3 is 2.72 bits per heavy atom. The van der Waals surface area contributed by atoms with Gasteiger partial charge in [-0.1, -0.05) is 17.8 Å². The smallest absolute Gasteiger partial charge is 0.338 e. The summed E-state index contributed by atoms with van der Waals surface area (Å²) in [4.78, 5) is 31.1. The highest BCUT2D eigenvalue weighted by molar-refractivity contribution is 8.16. The molecule has 1 N–H and O–H groups in total. The van der Waals surface area contributed by atoms with Crippen molar-refractivity contribution in [2.75, 3.05) is 20.8 Å². The highest BCUT2D eigenvalue weighted by Crippen LogP contribution is 2.46. The van der Waals surface area contributed by atoms with E-state index in [2.05, 4.69) is 4.99 Å². The maximum absolute atomic E-state index is 12.6. The number of thioether (sulfide) groups is 1. The molecule has 0 saturated carbocycles. The molecule has 0 spiro atoms. The number of esters is 2. The third-order valence-electron chi connectivity index (χ3n) is 4.56. The van der Waals surface area contributed by atoms with E-state index in [1.807, 2.05) is 10.3 Å². The molecule has 0 aromatic heterocycles. The van der Waals surface area contributed by atoms with Crippen molar-refractivity contribution in [3.63, 3.8) is 0 Å². The number of carbonyl (C=O) groups excluding carboxylic acids is 2. The van der Waals surface area contributed by atoms with Gasteiger partial charge in [0.1, 0.15) is 0 Å². The number of phenols is 1. The topological polar surface area (TPSA) is 97.7 Å². The Morgan fingerprint density at radius 1 is 1.31 bits per heavy atom. The largest absolute Gasteiger partial charge is 0.504 e. The molecule has 29 heavy (non-hydrogen) atoms. The number of allylic oxidation sites excluding steroid dienone is 1. The SMILES string of the molecule is CCOC(=O)CC1=CSC2=NC(C)=C(C(=O)OC)C(c3ccc(O)c(OC)c3)N12. The highest BCUT2D eigenvalue weighted by Gasteiger charge is 2.41. The Labute approximate surface area is 172 Å². The molecule has 154 valence electrons. The molecule has 0 radical (unpaired) electrons. The number of rotatable bonds is 6. The van der Waals surface area contributed by atoms with Crippen LogP contribution in [0.3, 0.4) is 0 Å². The minimum atomic E-state index is -0.597. The lowest BCUT2D eigenvalue weighted by molar-refractivity contribution is -0.142. The quantitative estimate of drug-likeness (QED) is 0.704. The Hall–Kier alpha value is -2.94. The number of ether oxygens (including phenoxy) is 3. The molecular formula is C20H22N2O6S. The first-order valence-corrected chi connectivity index (χ1v) is 9.84. The molecule has 1 aromatic carbocycles. The van der Waals surface area contributed by atoms with Crippen LogP contribution in [0.2, 0.25) is 0 Å². The number of methoxy groups -OCH3 is 2. The lowest BCUT2D eigenvalue weighted by Crippen LogP contribution is -2.37. The first-order chi connectivity index (χ1) is 13.9. The summed E-state index contributed by atoms with van der Waals surface area (Å²) in [6.45, 7) is 3.77.